The highest BCUT2D eigenvalue weighted by atomic mass is 32.1. The first-order valence-electron chi connectivity index (χ1n) is 6.70. The smallest absolute Gasteiger partial charge is 0.373 e. The molecule has 0 atom stereocenters. The van der Waals surface area contributed by atoms with Crippen LogP contribution in [0.4, 0.5) is 11.6 Å². The molecule has 0 aliphatic heterocycles. The van der Waals surface area contributed by atoms with E-state index in [0.29, 0.717) is 29.8 Å². The Balaban J connectivity index is 2.02. The second-order valence-electron chi connectivity index (χ2n) is 4.93. The van der Waals surface area contributed by atoms with E-state index in [1.54, 1.807) is 11.6 Å². The van der Waals surface area contributed by atoms with Gasteiger partial charge in [-0.25, -0.2) is 0 Å². The predicted molar refractivity (Wildman–Crippen MR) is 76.4 cm³/mol. The molecule has 1 N–H and O–H groups in total. The van der Waals surface area contributed by atoms with Crippen LogP contribution in [0.2, 0.25) is 0 Å². The third kappa shape index (κ3) is 2.14. The summed E-state index contributed by atoms with van der Waals surface area (Å²) >= 11 is 1.39. The molecule has 0 saturated heterocycles. The lowest BCUT2D eigenvalue weighted by molar-refractivity contribution is -0.389. The first-order chi connectivity index (χ1) is 9.72. The van der Waals surface area contributed by atoms with E-state index in [9.17, 15) is 10.1 Å². The Hall–Kier alpha value is -1.67. The van der Waals surface area contributed by atoms with E-state index in [2.05, 4.69) is 4.98 Å². The van der Waals surface area contributed by atoms with Crippen LogP contribution in [0.25, 0.3) is 4.96 Å². The lowest BCUT2D eigenvalue weighted by Gasteiger charge is -2.37. The molecule has 0 aromatic carbocycles. The van der Waals surface area contributed by atoms with E-state index in [0.717, 1.165) is 19.3 Å². The van der Waals surface area contributed by atoms with Gasteiger partial charge in [0.1, 0.15) is 6.20 Å². The molecule has 0 radical (unpaired) electrons. The highest BCUT2D eigenvalue weighted by molar-refractivity contribution is 7.15. The molecule has 3 rings (SSSR count). The maximum absolute atomic E-state index is 11.4. The number of aromatic nitrogens is 2. The fourth-order valence-electron chi connectivity index (χ4n) is 2.53. The number of nitrogens with zero attached hydrogens (tertiary/aromatic N) is 4. The number of hydrogen-bond donors (Lipinski definition) is 1. The van der Waals surface area contributed by atoms with Gasteiger partial charge in [-0.15, -0.1) is 0 Å². The van der Waals surface area contributed by atoms with Gasteiger partial charge in [0.15, 0.2) is 0 Å². The normalized spacial score (nSPS) is 15.4. The number of anilines is 1. The third-order valence-electron chi connectivity index (χ3n) is 3.74. The zero-order valence-electron chi connectivity index (χ0n) is 10.9. The van der Waals surface area contributed by atoms with Crippen LogP contribution in [-0.4, -0.2) is 38.6 Å². The number of rotatable bonds is 6. The highest BCUT2D eigenvalue weighted by Crippen LogP contribution is 2.36. The maximum atomic E-state index is 11.4. The molecular weight excluding hydrogens is 280 g/mol. The third-order valence-corrected chi connectivity index (χ3v) is 4.49. The number of aliphatic hydroxyl groups excluding tert-OH is 1. The minimum atomic E-state index is -0.368. The summed E-state index contributed by atoms with van der Waals surface area (Å²) in [5, 5.41) is 22.2. The van der Waals surface area contributed by atoms with Crippen LogP contribution in [0.3, 0.4) is 0 Å². The molecule has 0 bridgehead atoms. The van der Waals surface area contributed by atoms with E-state index < -0.39 is 0 Å². The van der Waals surface area contributed by atoms with Crippen molar-refractivity contribution in [3.63, 3.8) is 0 Å². The van der Waals surface area contributed by atoms with Crippen molar-refractivity contribution in [1.82, 2.24) is 9.38 Å². The first-order valence-corrected chi connectivity index (χ1v) is 7.57. The van der Waals surface area contributed by atoms with Gasteiger partial charge in [0, 0.05) is 24.6 Å². The standard InChI is InChI=1S/C12H16N4O3S/c17-7-2-5-14(9-3-1-4-9)10-11(16(18)19)15-6-8-20-12(15)13-10/h6,8-9,17H,1-5,7H2. The van der Waals surface area contributed by atoms with E-state index in [1.807, 2.05) is 4.90 Å². The number of imidazole rings is 1. The molecule has 8 heteroatoms. The molecule has 1 saturated carbocycles. The molecule has 0 spiro atoms. The minimum absolute atomic E-state index is 0.0334. The molecule has 2 aromatic rings. The lowest BCUT2D eigenvalue weighted by Crippen LogP contribution is -2.41. The van der Waals surface area contributed by atoms with Gasteiger partial charge in [-0.05, 0) is 30.6 Å². The summed E-state index contributed by atoms with van der Waals surface area (Å²) < 4.78 is 1.53. The van der Waals surface area contributed by atoms with E-state index in [4.69, 9.17) is 5.11 Å². The summed E-state index contributed by atoms with van der Waals surface area (Å²) in [6.45, 7) is 0.687. The van der Waals surface area contributed by atoms with Crippen molar-refractivity contribution in [2.24, 2.45) is 0 Å². The number of nitro groups is 1. The van der Waals surface area contributed by atoms with Crippen LogP contribution in [0.5, 0.6) is 0 Å². The van der Waals surface area contributed by atoms with Gasteiger partial charge in [-0.1, -0.05) is 11.3 Å². The zero-order chi connectivity index (χ0) is 14.1. The van der Waals surface area contributed by atoms with Crippen molar-refractivity contribution in [2.75, 3.05) is 18.1 Å². The van der Waals surface area contributed by atoms with E-state index in [-0.39, 0.29) is 17.3 Å². The van der Waals surface area contributed by atoms with Crippen LogP contribution in [-0.2, 0) is 0 Å². The molecule has 2 aromatic heterocycles. The minimum Gasteiger partial charge on any atom is -0.396 e. The second-order valence-corrected chi connectivity index (χ2v) is 5.80. The largest absolute Gasteiger partial charge is 0.396 e. The number of hydrogen-bond acceptors (Lipinski definition) is 6. The SMILES string of the molecule is O=[N+]([O-])c1c(N(CCCO)C2CCC2)nc2sccn12. The van der Waals surface area contributed by atoms with Crippen molar-refractivity contribution >= 4 is 27.9 Å². The number of aliphatic hydroxyl groups is 1. The Morgan fingerprint density at radius 1 is 1.60 bits per heavy atom. The molecular formula is C12H16N4O3S. The Labute approximate surface area is 119 Å². The van der Waals surface area contributed by atoms with Gasteiger partial charge >= 0.3 is 5.82 Å². The molecule has 0 amide bonds. The summed E-state index contributed by atoms with van der Waals surface area (Å²) in [5.41, 5.74) is 0. The molecule has 0 unspecified atom stereocenters. The maximum Gasteiger partial charge on any atom is 0.373 e. The summed E-state index contributed by atoms with van der Waals surface area (Å²) in [5.74, 6) is 0.478. The van der Waals surface area contributed by atoms with Crippen molar-refractivity contribution in [1.29, 1.82) is 0 Å². The van der Waals surface area contributed by atoms with Crippen molar-refractivity contribution in [3.8, 4) is 0 Å². The van der Waals surface area contributed by atoms with Crippen LogP contribution in [0.15, 0.2) is 11.6 Å². The topological polar surface area (TPSA) is 83.9 Å². The summed E-state index contributed by atoms with van der Waals surface area (Å²) in [7, 11) is 0. The monoisotopic (exact) mass is 296 g/mol. The van der Waals surface area contributed by atoms with Crippen LogP contribution in [0.1, 0.15) is 25.7 Å². The van der Waals surface area contributed by atoms with Gasteiger partial charge in [0.25, 0.3) is 4.96 Å². The number of thiazole rings is 1. The van der Waals surface area contributed by atoms with Gasteiger partial charge in [0.2, 0.25) is 5.82 Å². The Kier molecular flexibility index (Phi) is 3.58. The van der Waals surface area contributed by atoms with Crippen molar-refractivity contribution in [2.45, 2.75) is 31.7 Å². The molecule has 2 heterocycles. The van der Waals surface area contributed by atoms with Gasteiger partial charge in [-0.3, -0.25) is 0 Å². The van der Waals surface area contributed by atoms with Crippen molar-refractivity contribution < 1.29 is 10.0 Å². The van der Waals surface area contributed by atoms with E-state index in [1.165, 1.54) is 15.7 Å². The van der Waals surface area contributed by atoms with Crippen LogP contribution < -0.4 is 4.90 Å². The van der Waals surface area contributed by atoms with Gasteiger partial charge in [-0.2, -0.15) is 9.38 Å². The molecule has 1 aliphatic rings. The molecule has 108 valence electrons. The van der Waals surface area contributed by atoms with Crippen LogP contribution in [0, 0.1) is 10.1 Å². The van der Waals surface area contributed by atoms with E-state index >= 15 is 0 Å². The zero-order valence-corrected chi connectivity index (χ0v) is 11.8. The Bertz CT molecular complexity index is 619. The quantitative estimate of drug-likeness (QED) is 0.651. The molecule has 7 nitrogen and oxygen atoms in total. The molecule has 1 aliphatic carbocycles. The average molecular weight is 296 g/mol. The summed E-state index contributed by atoms with van der Waals surface area (Å²) in [6, 6.07) is 0.310. The molecule has 1 fully saturated rings. The van der Waals surface area contributed by atoms with Gasteiger partial charge in [0.05, 0.1) is 0 Å². The number of fused-ring (bicyclic) bond motifs is 1. The first kappa shape index (κ1) is 13.3. The average Bonchev–Trinajstić information content (AvgIpc) is 2.90. The molecule has 20 heavy (non-hydrogen) atoms. The predicted octanol–water partition coefficient (Wildman–Crippen LogP) is 2.05. The highest BCUT2D eigenvalue weighted by Gasteiger charge is 2.33. The Morgan fingerprint density at radius 2 is 2.40 bits per heavy atom. The fraction of sp³-hybridized carbons (Fsp3) is 0.583. The lowest BCUT2D eigenvalue weighted by atomic mass is 9.91. The summed E-state index contributed by atoms with van der Waals surface area (Å²) in [4.78, 5) is 18.1. The summed E-state index contributed by atoms with van der Waals surface area (Å²) in [6.07, 6.45) is 5.50. The Morgan fingerprint density at radius 3 is 3.00 bits per heavy atom. The van der Waals surface area contributed by atoms with Gasteiger partial charge < -0.3 is 20.1 Å². The van der Waals surface area contributed by atoms with Crippen molar-refractivity contribution in [3.05, 3.63) is 21.7 Å². The fourth-order valence-corrected chi connectivity index (χ4v) is 3.23. The second kappa shape index (κ2) is 5.37. The van der Waals surface area contributed by atoms with Crippen LogP contribution >= 0.6 is 11.3 Å².